The van der Waals surface area contributed by atoms with E-state index in [2.05, 4.69) is 28.8 Å². The van der Waals surface area contributed by atoms with E-state index in [1.807, 2.05) is 0 Å². The van der Waals surface area contributed by atoms with Crippen molar-refractivity contribution in [3.05, 3.63) is 0 Å². The molecule has 0 amide bonds. The molecule has 0 radical (unpaired) electrons. The molecular formula is C11H24N4. The third-order valence-corrected chi connectivity index (χ3v) is 2.98. The molecular weight excluding hydrogens is 188 g/mol. The highest BCUT2D eigenvalue weighted by Crippen LogP contribution is 2.07. The minimum absolute atomic E-state index is 0.735. The highest BCUT2D eigenvalue weighted by Gasteiger charge is 2.11. The van der Waals surface area contributed by atoms with E-state index >= 15 is 0 Å². The zero-order valence-corrected chi connectivity index (χ0v) is 10.1. The van der Waals surface area contributed by atoms with Crippen LogP contribution in [0.4, 0.5) is 0 Å². The molecule has 15 heavy (non-hydrogen) atoms. The molecule has 0 aromatic heterocycles. The molecule has 1 rings (SSSR count). The Balaban J connectivity index is 2.25. The van der Waals surface area contributed by atoms with E-state index in [0.717, 1.165) is 38.7 Å². The molecule has 88 valence electrons. The number of likely N-dealkylation sites (tertiary alicyclic amines) is 1. The second kappa shape index (κ2) is 6.67. The van der Waals surface area contributed by atoms with Crippen LogP contribution in [-0.4, -0.2) is 55.5 Å². The molecule has 4 nitrogen and oxygen atoms in total. The van der Waals surface area contributed by atoms with Crippen LogP contribution in [0, 0.1) is 0 Å². The maximum absolute atomic E-state index is 5.93. The fourth-order valence-corrected chi connectivity index (χ4v) is 1.72. The van der Waals surface area contributed by atoms with Gasteiger partial charge in [-0.15, -0.1) is 0 Å². The number of hydrogen-bond acceptors (Lipinski definition) is 2. The summed E-state index contributed by atoms with van der Waals surface area (Å²) in [5.74, 6) is 0.735. The predicted octanol–water partition coefficient (Wildman–Crippen LogP) is 0.739. The third-order valence-electron chi connectivity index (χ3n) is 2.98. The van der Waals surface area contributed by atoms with Crippen LogP contribution in [0.5, 0.6) is 0 Å². The van der Waals surface area contributed by atoms with Gasteiger partial charge < -0.3 is 15.5 Å². The Morgan fingerprint density at radius 3 is 2.60 bits per heavy atom. The predicted molar refractivity (Wildman–Crippen MR) is 65.1 cm³/mol. The molecule has 0 aromatic rings. The molecule has 0 unspecified atom stereocenters. The molecule has 0 bridgehead atoms. The number of piperidine rings is 1. The summed E-state index contributed by atoms with van der Waals surface area (Å²) in [6.45, 7) is 7.19. The van der Waals surface area contributed by atoms with Gasteiger partial charge in [0.1, 0.15) is 0 Å². The van der Waals surface area contributed by atoms with Gasteiger partial charge in [0.15, 0.2) is 5.96 Å². The van der Waals surface area contributed by atoms with Crippen molar-refractivity contribution in [3.63, 3.8) is 0 Å². The van der Waals surface area contributed by atoms with E-state index in [4.69, 9.17) is 5.73 Å². The Morgan fingerprint density at radius 2 is 2.00 bits per heavy atom. The molecule has 0 aromatic carbocycles. The van der Waals surface area contributed by atoms with Crippen molar-refractivity contribution in [1.82, 2.24) is 9.80 Å². The summed E-state index contributed by atoms with van der Waals surface area (Å²) in [5, 5.41) is 0. The summed E-state index contributed by atoms with van der Waals surface area (Å²) in [6.07, 6.45) is 3.85. The van der Waals surface area contributed by atoms with Crippen molar-refractivity contribution in [2.45, 2.75) is 26.2 Å². The maximum Gasteiger partial charge on any atom is 0.191 e. The summed E-state index contributed by atoms with van der Waals surface area (Å²) in [6, 6.07) is 0. The molecule has 1 saturated heterocycles. The standard InChI is InChI=1S/C11H24N4/c1-3-14(2)10-7-13-11(12)15-8-5-4-6-9-15/h3-10H2,1-2H3,(H2,12,13). The normalized spacial score (nSPS) is 18.6. The molecule has 1 fully saturated rings. The van der Waals surface area contributed by atoms with Crippen molar-refractivity contribution in [2.24, 2.45) is 10.7 Å². The Bertz CT molecular complexity index is 197. The van der Waals surface area contributed by atoms with Crippen LogP contribution in [-0.2, 0) is 0 Å². The second-order valence-corrected chi connectivity index (χ2v) is 4.18. The van der Waals surface area contributed by atoms with Crippen LogP contribution in [0.15, 0.2) is 4.99 Å². The van der Waals surface area contributed by atoms with Gasteiger partial charge in [0.2, 0.25) is 0 Å². The van der Waals surface area contributed by atoms with Crippen molar-refractivity contribution in [2.75, 3.05) is 39.8 Å². The average molecular weight is 212 g/mol. The van der Waals surface area contributed by atoms with E-state index < -0.39 is 0 Å². The Hall–Kier alpha value is -0.770. The third kappa shape index (κ3) is 4.51. The van der Waals surface area contributed by atoms with Gasteiger partial charge in [0.05, 0.1) is 6.54 Å². The van der Waals surface area contributed by atoms with E-state index in [-0.39, 0.29) is 0 Å². The maximum atomic E-state index is 5.93. The van der Waals surface area contributed by atoms with Gasteiger partial charge in [0, 0.05) is 19.6 Å². The number of rotatable bonds is 4. The lowest BCUT2D eigenvalue weighted by atomic mass is 10.1. The van der Waals surface area contributed by atoms with Gasteiger partial charge in [0.25, 0.3) is 0 Å². The minimum Gasteiger partial charge on any atom is -0.370 e. The highest BCUT2D eigenvalue weighted by molar-refractivity contribution is 5.78. The lowest BCUT2D eigenvalue weighted by Crippen LogP contribution is -2.41. The molecule has 1 aliphatic rings. The fourth-order valence-electron chi connectivity index (χ4n) is 1.72. The van der Waals surface area contributed by atoms with Crippen LogP contribution in [0.3, 0.4) is 0 Å². The fraction of sp³-hybridized carbons (Fsp3) is 0.909. The van der Waals surface area contributed by atoms with Crippen LogP contribution in [0.2, 0.25) is 0 Å². The highest BCUT2D eigenvalue weighted by atomic mass is 15.3. The summed E-state index contributed by atoms with van der Waals surface area (Å²) >= 11 is 0. The molecule has 0 saturated carbocycles. The molecule has 2 N–H and O–H groups in total. The van der Waals surface area contributed by atoms with Gasteiger partial charge in [-0.2, -0.15) is 0 Å². The second-order valence-electron chi connectivity index (χ2n) is 4.18. The smallest absolute Gasteiger partial charge is 0.191 e. The first-order valence-electron chi connectivity index (χ1n) is 5.97. The van der Waals surface area contributed by atoms with Crippen molar-refractivity contribution in [3.8, 4) is 0 Å². The summed E-state index contributed by atoms with van der Waals surface area (Å²) in [7, 11) is 2.10. The van der Waals surface area contributed by atoms with Gasteiger partial charge in [-0.05, 0) is 32.9 Å². The Morgan fingerprint density at radius 1 is 1.33 bits per heavy atom. The van der Waals surface area contributed by atoms with E-state index in [0.29, 0.717) is 0 Å². The van der Waals surface area contributed by atoms with Gasteiger partial charge in [-0.25, -0.2) is 0 Å². The van der Waals surface area contributed by atoms with E-state index in [1.54, 1.807) is 0 Å². The Kier molecular flexibility index (Phi) is 5.47. The number of nitrogens with two attached hydrogens (primary N) is 1. The molecule has 4 heteroatoms. The summed E-state index contributed by atoms with van der Waals surface area (Å²) in [5.41, 5.74) is 5.93. The number of aliphatic imine (C=N–C) groups is 1. The van der Waals surface area contributed by atoms with E-state index in [1.165, 1.54) is 19.3 Å². The first kappa shape index (κ1) is 12.3. The first-order chi connectivity index (χ1) is 7.24. The largest absolute Gasteiger partial charge is 0.370 e. The number of hydrogen-bond donors (Lipinski definition) is 1. The van der Waals surface area contributed by atoms with Crippen molar-refractivity contribution >= 4 is 5.96 Å². The van der Waals surface area contributed by atoms with Crippen LogP contribution in [0.1, 0.15) is 26.2 Å². The summed E-state index contributed by atoms with van der Waals surface area (Å²) in [4.78, 5) is 8.86. The van der Waals surface area contributed by atoms with Crippen LogP contribution < -0.4 is 5.73 Å². The summed E-state index contributed by atoms with van der Waals surface area (Å²) < 4.78 is 0. The molecule has 0 spiro atoms. The van der Waals surface area contributed by atoms with Gasteiger partial charge in [-0.1, -0.05) is 6.92 Å². The topological polar surface area (TPSA) is 44.9 Å². The number of guanidine groups is 1. The van der Waals surface area contributed by atoms with Gasteiger partial charge >= 0.3 is 0 Å². The molecule has 0 aliphatic carbocycles. The monoisotopic (exact) mass is 212 g/mol. The number of likely N-dealkylation sites (N-methyl/N-ethyl adjacent to an activating group) is 1. The molecule has 0 atom stereocenters. The minimum atomic E-state index is 0.735. The van der Waals surface area contributed by atoms with Crippen LogP contribution >= 0.6 is 0 Å². The zero-order valence-electron chi connectivity index (χ0n) is 10.1. The van der Waals surface area contributed by atoms with E-state index in [9.17, 15) is 0 Å². The molecule has 1 heterocycles. The Labute approximate surface area is 93.1 Å². The van der Waals surface area contributed by atoms with Crippen molar-refractivity contribution in [1.29, 1.82) is 0 Å². The lowest BCUT2D eigenvalue weighted by Gasteiger charge is -2.27. The SMILES string of the molecule is CCN(C)CCN=C(N)N1CCCCC1. The molecule has 1 aliphatic heterocycles. The quantitative estimate of drug-likeness (QED) is 0.552. The van der Waals surface area contributed by atoms with Crippen LogP contribution in [0.25, 0.3) is 0 Å². The average Bonchev–Trinajstić information content (AvgIpc) is 2.29. The van der Waals surface area contributed by atoms with Crippen molar-refractivity contribution < 1.29 is 0 Å². The van der Waals surface area contributed by atoms with Gasteiger partial charge in [-0.3, -0.25) is 4.99 Å². The number of nitrogens with zero attached hydrogens (tertiary/aromatic N) is 3. The zero-order chi connectivity index (χ0) is 11.1. The lowest BCUT2D eigenvalue weighted by molar-refractivity contribution is 0.334. The first-order valence-corrected chi connectivity index (χ1v) is 5.97.